The molecule has 228 valence electrons. The van der Waals surface area contributed by atoms with E-state index in [0.29, 0.717) is 22.8 Å². The van der Waals surface area contributed by atoms with Gasteiger partial charge in [0.25, 0.3) is 23.3 Å². The Hall–Kier alpha value is -5.00. The summed E-state index contributed by atoms with van der Waals surface area (Å²) in [7, 11) is 0. The minimum absolute atomic E-state index is 0.0988. The van der Waals surface area contributed by atoms with Crippen LogP contribution in [0.25, 0.3) is 11.0 Å². The van der Waals surface area contributed by atoms with Gasteiger partial charge in [-0.1, -0.05) is 18.2 Å². The zero-order valence-corrected chi connectivity index (χ0v) is 23.9. The van der Waals surface area contributed by atoms with Crippen LogP contribution >= 0.6 is 0 Å². The largest absolute Gasteiger partial charge is 0.451 e. The van der Waals surface area contributed by atoms with Crippen molar-refractivity contribution in [2.75, 3.05) is 5.32 Å². The van der Waals surface area contributed by atoms with Crippen molar-refractivity contribution in [3.63, 3.8) is 0 Å². The standard InChI is InChI=1S/C32H33N5O7/c33-29(40)24(38)8-7-22(34-31(42)26-15-19-4-1-2-6-25(19)44-26)30(41)35-23-5-3-9-37(32(23)43)16-27(39)36-28-20-11-17-10-18(13-20)14-21(28)12-17/h1-7,9,15,17-18,20-21,28H,8,10-14,16H2,(H2,33,40)(H,34,42)(H,35,41)(H,36,39)/b22-7+. The number of nitrogens with zero attached hydrogens (tertiary/aromatic N) is 1. The predicted octanol–water partition coefficient (Wildman–Crippen LogP) is 2.23. The summed E-state index contributed by atoms with van der Waals surface area (Å²) < 4.78 is 6.75. The molecule has 44 heavy (non-hydrogen) atoms. The van der Waals surface area contributed by atoms with Crippen molar-refractivity contribution in [1.82, 2.24) is 15.2 Å². The molecular formula is C32H33N5O7. The van der Waals surface area contributed by atoms with Crippen LogP contribution in [-0.2, 0) is 25.7 Å². The lowest BCUT2D eigenvalue weighted by Crippen LogP contribution is -2.56. The maximum Gasteiger partial charge on any atom is 0.291 e. The highest BCUT2D eigenvalue weighted by Gasteiger charge is 2.48. The van der Waals surface area contributed by atoms with Crippen LogP contribution in [0.4, 0.5) is 5.69 Å². The lowest BCUT2D eigenvalue weighted by molar-refractivity contribution is -0.135. The fourth-order valence-electron chi connectivity index (χ4n) is 7.27. The van der Waals surface area contributed by atoms with Crippen LogP contribution in [0, 0.1) is 23.7 Å². The SMILES string of the molecule is NC(=O)C(=O)C/C=C(/NC(=O)c1cc2ccccc2o1)C(=O)Nc1cccn(CC(=O)NC2C3CC4CC(C3)CC2C4)c1=O. The number of amides is 4. The molecule has 4 fully saturated rings. The summed E-state index contributed by atoms with van der Waals surface area (Å²) in [6, 6.07) is 11.4. The molecule has 0 radical (unpaired) electrons. The minimum Gasteiger partial charge on any atom is -0.451 e. The van der Waals surface area contributed by atoms with Gasteiger partial charge in [0.15, 0.2) is 5.76 Å². The monoisotopic (exact) mass is 599 g/mol. The number of aromatic nitrogens is 1. The zero-order chi connectivity index (χ0) is 31.0. The third kappa shape index (κ3) is 6.05. The first-order chi connectivity index (χ1) is 21.1. The number of nitrogens with two attached hydrogens (primary N) is 1. The fourth-order valence-corrected chi connectivity index (χ4v) is 7.27. The molecule has 0 saturated heterocycles. The van der Waals surface area contributed by atoms with Gasteiger partial charge in [-0.2, -0.15) is 0 Å². The van der Waals surface area contributed by atoms with Gasteiger partial charge in [0.05, 0.1) is 0 Å². The normalized spacial score (nSPS) is 23.7. The number of hydrogen-bond acceptors (Lipinski definition) is 7. The quantitative estimate of drug-likeness (QED) is 0.203. The lowest BCUT2D eigenvalue weighted by Gasteiger charge is -2.54. The summed E-state index contributed by atoms with van der Waals surface area (Å²) in [5.41, 5.74) is 4.30. The van der Waals surface area contributed by atoms with E-state index in [4.69, 9.17) is 10.2 Å². The molecule has 0 spiro atoms. The van der Waals surface area contributed by atoms with Crippen molar-refractivity contribution in [2.24, 2.45) is 29.4 Å². The number of allylic oxidation sites excluding steroid dienone is 1. The van der Waals surface area contributed by atoms with Gasteiger partial charge in [-0.15, -0.1) is 0 Å². The van der Waals surface area contributed by atoms with Gasteiger partial charge in [0.1, 0.15) is 23.5 Å². The molecule has 2 aromatic heterocycles. The number of fused-ring (bicyclic) bond motifs is 1. The Bertz CT molecular complexity index is 1690. The second-order valence-electron chi connectivity index (χ2n) is 12.0. The molecule has 5 N–H and O–H groups in total. The molecule has 4 bridgehead atoms. The van der Waals surface area contributed by atoms with E-state index in [9.17, 15) is 28.8 Å². The van der Waals surface area contributed by atoms with E-state index in [1.165, 1.54) is 35.4 Å². The minimum atomic E-state index is -1.21. The molecular weight excluding hydrogens is 566 g/mol. The molecule has 4 aliphatic carbocycles. The van der Waals surface area contributed by atoms with Crippen LogP contribution in [0.5, 0.6) is 0 Å². The number of carbonyl (C=O) groups excluding carboxylic acids is 5. The molecule has 4 amide bonds. The summed E-state index contributed by atoms with van der Waals surface area (Å²) in [4.78, 5) is 75.6. The number of pyridine rings is 1. The number of carbonyl (C=O) groups is 5. The van der Waals surface area contributed by atoms with Gasteiger partial charge in [0.2, 0.25) is 11.7 Å². The van der Waals surface area contributed by atoms with Gasteiger partial charge in [-0.25, -0.2) is 0 Å². The Morgan fingerprint density at radius 3 is 2.34 bits per heavy atom. The summed E-state index contributed by atoms with van der Waals surface area (Å²) in [6.07, 6.45) is 7.82. The molecule has 4 saturated carbocycles. The van der Waals surface area contributed by atoms with Crippen LogP contribution in [0.3, 0.4) is 0 Å². The Morgan fingerprint density at radius 1 is 0.955 bits per heavy atom. The van der Waals surface area contributed by atoms with Crippen LogP contribution in [-0.4, -0.2) is 40.0 Å². The molecule has 4 aliphatic rings. The van der Waals surface area contributed by atoms with E-state index in [1.807, 2.05) is 0 Å². The lowest BCUT2D eigenvalue weighted by atomic mass is 9.54. The first-order valence-corrected chi connectivity index (χ1v) is 14.8. The van der Waals surface area contributed by atoms with E-state index in [0.717, 1.165) is 43.6 Å². The third-order valence-electron chi connectivity index (χ3n) is 9.05. The number of ketones is 1. The van der Waals surface area contributed by atoms with Crippen LogP contribution in [0.15, 0.2) is 69.6 Å². The number of furan rings is 1. The third-order valence-corrected chi connectivity index (χ3v) is 9.05. The molecule has 0 aliphatic heterocycles. The maximum absolute atomic E-state index is 13.2. The highest BCUT2D eigenvalue weighted by molar-refractivity contribution is 6.36. The van der Waals surface area contributed by atoms with Crippen molar-refractivity contribution in [3.8, 4) is 0 Å². The van der Waals surface area contributed by atoms with Crippen molar-refractivity contribution >= 4 is 46.1 Å². The summed E-state index contributed by atoms with van der Waals surface area (Å²) in [5.74, 6) is -1.77. The Kier molecular flexibility index (Phi) is 7.90. The molecule has 0 unspecified atom stereocenters. The number of Topliss-reactive ketones (excluding diaryl/α,β-unsaturated/α-hetero) is 1. The second-order valence-corrected chi connectivity index (χ2v) is 12.0. The molecule has 3 aromatic rings. The first-order valence-electron chi connectivity index (χ1n) is 14.8. The van der Waals surface area contributed by atoms with Gasteiger partial charge < -0.3 is 30.7 Å². The average molecular weight is 600 g/mol. The topological polar surface area (TPSA) is 183 Å². The highest BCUT2D eigenvalue weighted by Crippen LogP contribution is 2.53. The van der Waals surface area contributed by atoms with E-state index in [-0.39, 0.29) is 29.9 Å². The van der Waals surface area contributed by atoms with Crippen molar-refractivity contribution in [2.45, 2.75) is 51.1 Å². The smallest absolute Gasteiger partial charge is 0.291 e. The maximum atomic E-state index is 13.2. The number of rotatable bonds is 10. The molecule has 12 nitrogen and oxygen atoms in total. The number of nitrogens with one attached hydrogen (secondary N) is 3. The Morgan fingerprint density at radius 2 is 1.66 bits per heavy atom. The van der Waals surface area contributed by atoms with Crippen LogP contribution < -0.4 is 27.2 Å². The van der Waals surface area contributed by atoms with E-state index < -0.39 is 41.2 Å². The van der Waals surface area contributed by atoms with E-state index in [2.05, 4.69) is 16.0 Å². The molecule has 2 heterocycles. The van der Waals surface area contributed by atoms with Crippen molar-refractivity contribution < 1.29 is 28.4 Å². The number of primary amides is 1. The molecule has 0 atom stereocenters. The average Bonchev–Trinajstić information content (AvgIpc) is 3.43. The summed E-state index contributed by atoms with van der Waals surface area (Å²) >= 11 is 0. The van der Waals surface area contributed by atoms with E-state index >= 15 is 0 Å². The first kappa shape index (κ1) is 29.1. The molecule has 7 rings (SSSR count). The van der Waals surface area contributed by atoms with Crippen molar-refractivity contribution in [3.05, 3.63) is 76.5 Å². The molecule has 1 aromatic carbocycles. The number of anilines is 1. The fraction of sp³-hybridized carbons (Fsp3) is 0.375. The Labute approximate surface area is 252 Å². The van der Waals surface area contributed by atoms with Gasteiger partial charge >= 0.3 is 0 Å². The predicted molar refractivity (Wildman–Crippen MR) is 159 cm³/mol. The van der Waals surface area contributed by atoms with Gasteiger partial charge in [0, 0.05) is 24.0 Å². The number of hydrogen-bond donors (Lipinski definition) is 4. The van der Waals surface area contributed by atoms with Gasteiger partial charge in [-0.05, 0) is 86.1 Å². The van der Waals surface area contributed by atoms with Gasteiger partial charge in [-0.3, -0.25) is 28.8 Å². The second kappa shape index (κ2) is 11.9. The summed E-state index contributed by atoms with van der Waals surface area (Å²) in [5, 5.41) is 8.66. The van der Waals surface area contributed by atoms with Crippen LogP contribution in [0.2, 0.25) is 0 Å². The summed E-state index contributed by atoms with van der Waals surface area (Å²) in [6.45, 7) is -0.218. The van der Waals surface area contributed by atoms with Crippen molar-refractivity contribution in [1.29, 1.82) is 0 Å². The van der Waals surface area contributed by atoms with Crippen LogP contribution in [0.1, 0.15) is 49.1 Å². The number of para-hydroxylation sites is 1. The van der Waals surface area contributed by atoms with E-state index in [1.54, 1.807) is 24.3 Å². The highest BCUT2D eigenvalue weighted by atomic mass is 16.3. The Balaban J connectivity index is 1.15. The number of benzene rings is 1. The molecule has 12 heteroatoms. The zero-order valence-electron chi connectivity index (χ0n) is 23.9.